The first-order chi connectivity index (χ1) is 9.57. The van der Waals surface area contributed by atoms with Crippen LogP contribution in [0.3, 0.4) is 0 Å². The molecule has 0 bridgehead atoms. The van der Waals surface area contributed by atoms with Crippen molar-refractivity contribution < 1.29 is 12.8 Å². The molecule has 1 aliphatic rings. The molecule has 1 aromatic rings. The lowest BCUT2D eigenvalue weighted by molar-refractivity contribution is 0.377. The quantitative estimate of drug-likeness (QED) is 0.838. The van der Waals surface area contributed by atoms with E-state index in [4.69, 9.17) is 4.42 Å². The van der Waals surface area contributed by atoms with Crippen molar-refractivity contribution in [1.82, 2.24) is 9.62 Å². The lowest BCUT2D eigenvalue weighted by Crippen LogP contribution is -2.28. The molecular formula is C14H24N2O3S. The highest BCUT2D eigenvalue weighted by molar-refractivity contribution is 7.89. The summed E-state index contributed by atoms with van der Waals surface area (Å²) in [6.45, 7) is 6.75. The summed E-state index contributed by atoms with van der Waals surface area (Å²) >= 11 is 0. The molecule has 114 valence electrons. The van der Waals surface area contributed by atoms with Gasteiger partial charge in [-0.3, -0.25) is 0 Å². The van der Waals surface area contributed by atoms with Gasteiger partial charge < -0.3 is 9.73 Å². The van der Waals surface area contributed by atoms with Gasteiger partial charge in [0.25, 0.3) is 10.0 Å². The van der Waals surface area contributed by atoms with E-state index in [1.807, 2.05) is 6.92 Å². The summed E-state index contributed by atoms with van der Waals surface area (Å²) < 4.78 is 32.0. The summed E-state index contributed by atoms with van der Waals surface area (Å²) in [5, 5.41) is 3.19. The summed E-state index contributed by atoms with van der Waals surface area (Å²) in [5.41, 5.74) is 0. The Morgan fingerprint density at radius 2 is 2.20 bits per heavy atom. The molecule has 1 fully saturated rings. The van der Waals surface area contributed by atoms with E-state index in [1.54, 1.807) is 16.4 Å². The van der Waals surface area contributed by atoms with E-state index < -0.39 is 10.0 Å². The maximum absolute atomic E-state index is 12.5. The molecule has 1 aromatic heterocycles. The van der Waals surface area contributed by atoms with Crippen molar-refractivity contribution in [2.75, 3.05) is 19.6 Å². The molecule has 0 radical (unpaired) electrons. The van der Waals surface area contributed by atoms with Crippen molar-refractivity contribution in [3.8, 4) is 0 Å². The van der Waals surface area contributed by atoms with E-state index >= 15 is 0 Å². The first kappa shape index (κ1) is 15.5. The van der Waals surface area contributed by atoms with Crippen LogP contribution >= 0.6 is 0 Å². The summed E-state index contributed by atoms with van der Waals surface area (Å²) in [6, 6.07) is 3.30. The molecular weight excluding hydrogens is 276 g/mol. The Labute approximate surface area is 121 Å². The maximum atomic E-state index is 12.5. The maximum Gasteiger partial charge on any atom is 0.276 e. The van der Waals surface area contributed by atoms with E-state index in [1.165, 1.54) is 0 Å². The summed E-state index contributed by atoms with van der Waals surface area (Å²) in [5.74, 6) is 1.15. The summed E-state index contributed by atoms with van der Waals surface area (Å²) in [7, 11) is -3.46. The molecule has 1 N–H and O–H groups in total. The SMILES string of the molecule is CCCC1CCN(S(=O)(=O)c2ccc(CNCC)o2)C1. The Bertz CT molecular complexity index is 524. The minimum atomic E-state index is -3.46. The van der Waals surface area contributed by atoms with Gasteiger partial charge in [-0.2, -0.15) is 4.31 Å². The first-order valence-electron chi connectivity index (χ1n) is 7.37. The molecule has 1 atom stereocenters. The third-order valence-electron chi connectivity index (χ3n) is 3.73. The average molecular weight is 300 g/mol. The Morgan fingerprint density at radius 3 is 2.90 bits per heavy atom. The Kier molecular flexibility index (Phi) is 5.23. The molecule has 1 saturated heterocycles. The highest BCUT2D eigenvalue weighted by Crippen LogP contribution is 2.27. The van der Waals surface area contributed by atoms with Gasteiger partial charge in [0.1, 0.15) is 5.76 Å². The van der Waals surface area contributed by atoms with Crippen LogP contribution in [-0.4, -0.2) is 32.4 Å². The predicted octanol–water partition coefficient (Wildman–Crippen LogP) is 2.20. The third-order valence-corrected chi connectivity index (χ3v) is 5.47. The first-order valence-corrected chi connectivity index (χ1v) is 8.81. The van der Waals surface area contributed by atoms with Gasteiger partial charge in [0, 0.05) is 13.1 Å². The van der Waals surface area contributed by atoms with E-state index in [-0.39, 0.29) is 5.09 Å². The van der Waals surface area contributed by atoms with Crippen molar-refractivity contribution in [3.05, 3.63) is 17.9 Å². The number of nitrogens with zero attached hydrogens (tertiary/aromatic N) is 1. The number of hydrogen-bond acceptors (Lipinski definition) is 4. The van der Waals surface area contributed by atoms with Crippen LogP contribution in [0.2, 0.25) is 0 Å². The fourth-order valence-corrected chi connectivity index (χ4v) is 4.09. The largest absolute Gasteiger partial charge is 0.447 e. The highest BCUT2D eigenvalue weighted by atomic mass is 32.2. The van der Waals surface area contributed by atoms with Gasteiger partial charge in [-0.1, -0.05) is 20.3 Å². The summed E-state index contributed by atoms with van der Waals surface area (Å²) in [4.78, 5) is 0. The fourth-order valence-electron chi connectivity index (χ4n) is 2.63. The number of hydrogen-bond donors (Lipinski definition) is 1. The minimum Gasteiger partial charge on any atom is -0.447 e. The van der Waals surface area contributed by atoms with Gasteiger partial charge in [0.2, 0.25) is 5.09 Å². The zero-order valence-electron chi connectivity index (χ0n) is 12.3. The molecule has 2 heterocycles. The topological polar surface area (TPSA) is 62.6 Å². The van der Waals surface area contributed by atoms with Crippen LogP contribution in [0.1, 0.15) is 38.9 Å². The zero-order valence-corrected chi connectivity index (χ0v) is 13.1. The van der Waals surface area contributed by atoms with Gasteiger partial charge in [0.05, 0.1) is 6.54 Å². The van der Waals surface area contributed by atoms with Crippen LogP contribution < -0.4 is 5.32 Å². The van der Waals surface area contributed by atoms with Crippen molar-refractivity contribution >= 4 is 10.0 Å². The standard InChI is InChI=1S/C14H24N2O3S/c1-3-5-12-8-9-16(11-12)20(17,18)14-7-6-13(19-14)10-15-4-2/h6-7,12,15H,3-5,8-11H2,1-2H3. The zero-order chi connectivity index (χ0) is 14.6. The summed E-state index contributed by atoms with van der Waals surface area (Å²) in [6.07, 6.45) is 3.15. The van der Waals surface area contributed by atoms with Crippen molar-refractivity contribution in [3.63, 3.8) is 0 Å². The molecule has 0 saturated carbocycles. The smallest absolute Gasteiger partial charge is 0.276 e. The van der Waals surface area contributed by atoms with Crippen LogP contribution in [0, 0.1) is 5.92 Å². The average Bonchev–Trinajstić information content (AvgIpc) is 3.06. The van der Waals surface area contributed by atoms with Crippen LogP contribution in [0.15, 0.2) is 21.6 Å². The third kappa shape index (κ3) is 3.42. The lowest BCUT2D eigenvalue weighted by atomic mass is 10.0. The second-order valence-corrected chi connectivity index (χ2v) is 7.18. The number of rotatable bonds is 7. The van der Waals surface area contributed by atoms with Gasteiger partial charge in [0.15, 0.2) is 0 Å². The van der Waals surface area contributed by atoms with Crippen LogP contribution in [0.4, 0.5) is 0 Å². The second-order valence-electron chi connectivity index (χ2n) is 5.31. The van der Waals surface area contributed by atoms with E-state index in [2.05, 4.69) is 12.2 Å². The van der Waals surface area contributed by atoms with Crippen molar-refractivity contribution in [1.29, 1.82) is 0 Å². The minimum absolute atomic E-state index is 0.0718. The molecule has 2 rings (SSSR count). The molecule has 0 spiro atoms. The molecule has 1 unspecified atom stereocenters. The number of sulfonamides is 1. The van der Waals surface area contributed by atoms with Gasteiger partial charge in [-0.15, -0.1) is 0 Å². The normalized spacial score (nSPS) is 20.6. The molecule has 6 heteroatoms. The van der Waals surface area contributed by atoms with E-state index in [9.17, 15) is 8.42 Å². The van der Waals surface area contributed by atoms with Gasteiger partial charge >= 0.3 is 0 Å². The number of furan rings is 1. The Hall–Kier alpha value is -0.850. The van der Waals surface area contributed by atoms with Crippen molar-refractivity contribution in [2.24, 2.45) is 5.92 Å². The van der Waals surface area contributed by atoms with Gasteiger partial charge in [-0.25, -0.2) is 8.42 Å². The number of nitrogens with one attached hydrogen (secondary N) is 1. The Balaban J connectivity index is 2.05. The molecule has 0 aliphatic carbocycles. The molecule has 5 nitrogen and oxygen atoms in total. The van der Waals surface area contributed by atoms with Crippen LogP contribution in [-0.2, 0) is 16.6 Å². The molecule has 20 heavy (non-hydrogen) atoms. The lowest BCUT2D eigenvalue weighted by Gasteiger charge is -2.14. The molecule has 0 amide bonds. The second kappa shape index (κ2) is 6.74. The molecule has 1 aliphatic heterocycles. The van der Waals surface area contributed by atoms with Crippen molar-refractivity contribution in [2.45, 2.75) is 44.7 Å². The van der Waals surface area contributed by atoms with E-state index in [0.29, 0.717) is 31.3 Å². The van der Waals surface area contributed by atoms with Gasteiger partial charge in [-0.05, 0) is 37.4 Å². The fraction of sp³-hybridized carbons (Fsp3) is 0.714. The highest BCUT2D eigenvalue weighted by Gasteiger charge is 2.34. The van der Waals surface area contributed by atoms with Crippen LogP contribution in [0.25, 0.3) is 0 Å². The Morgan fingerprint density at radius 1 is 1.40 bits per heavy atom. The van der Waals surface area contributed by atoms with E-state index in [0.717, 1.165) is 25.8 Å². The molecule has 0 aromatic carbocycles. The monoisotopic (exact) mass is 300 g/mol. The van der Waals surface area contributed by atoms with Crippen LogP contribution in [0.5, 0.6) is 0 Å². The predicted molar refractivity (Wildman–Crippen MR) is 77.9 cm³/mol.